The molecule has 0 aliphatic heterocycles. The van der Waals surface area contributed by atoms with Gasteiger partial charge in [0.15, 0.2) is 0 Å². The van der Waals surface area contributed by atoms with Crippen molar-refractivity contribution in [3.05, 3.63) is 83.4 Å². The Morgan fingerprint density at radius 2 is 1.97 bits per heavy atom. The fourth-order valence-electron chi connectivity index (χ4n) is 2.95. The van der Waals surface area contributed by atoms with Gasteiger partial charge in [0, 0.05) is 31.2 Å². The number of guanidine groups is 1. The highest BCUT2D eigenvalue weighted by atomic mass is 35.5. The molecule has 3 N–H and O–H groups in total. The van der Waals surface area contributed by atoms with Crippen LogP contribution in [0.2, 0.25) is 5.02 Å². The number of nitrogens with zero attached hydrogens (tertiary/aromatic N) is 5. The second-order valence-corrected chi connectivity index (χ2v) is 7.83. The Hall–Kier alpha value is -4.24. The van der Waals surface area contributed by atoms with E-state index in [0.717, 1.165) is 16.5 Å². The molecule has 0 radical (unpaired) electrons. The number of hydrogen-bond acceptors (Lipinski definition) is 6. The number of nitrogens with two attached hydrogens (primary N) is 1. The molecular weight excluding hydrogens is 457 g/mol. The van der Waals surface area contributed by atoms with Crippen LogP contribution in [0.1, 0.15) is 5.56 Å². The predicted molar refractivity (Wildman–Crippen MR) is 134 cm³/mol. The maximum absolute atomic E-state index is 13.4. The maximum Gasteiger partial charge on any atom is 0.215 e. The summed E-state index contributed by atoms with van der Waals surface area (Å²) >= 11 is 6.40. The Kier molecular flexibility index (Phi) is 6.84. The number of anilines is 2. The molecule has 0 unspecified atom stereocenters. The van der Waals surface area contributed by atoms with Crippen LogP contribution in [0.5, 0.6) is 11.5 Å². The topological polar surface area (TPSA) is 101 Å². The molecule has 1 aromatic heterocycles. The summed E-state index contributed by atoms with van der Waals surface area (Å²) < 4.78 is 19.1. The number of benzene rings is 3. The molecule has 0 fully saturated rings. The largest absolute Gasteiger partial charge is 0.456 e. The zero-order valence-corrected chi connectivity index (χ0v) is 19.2. The van der Waals surface area contributed by atoms with Gasteiger partial charge in [0.1, 0.15) is 29.5 Å². The average Bonchev–Trinajstić information content (AvgIpc) is 2.81. The van der Waals surface area contributed by atoms with Crippen LogP contribution in [0.25, 0.3) is 10.9 Å². The van der Waals surface area contributed by atoms with E-state index in [9.17, 15) is 4.39 Å². The molecule has 0 saturated carbocycles. The fraction of sp³-hybridized carbons (Fsp3) is 0.0833. The fourth-order valence-corrected chi connectivity index (χ4v) is 3.17. The van der Waals surface area contributed by atoms with Crippen LogP contribution in [0.4, 0.5) is 15.9 Å². The van der Waals surface area contributed by atoms with Gasteiger partial charge in [0.05, 0.1) is 16.8 Å². The predicted octanol–water partition coefficient (Wildman–Crippen LogP) is 5.17. The molecule has 8 nitrogen and oxygen atoms in total. The lowest BCUT2D eigenvalue weighted by Gasteiger charge is -2.12. The summed E-state index contributed by atoms with van der Waals surface area (Å²) in [4.78, 5) is 10.3. The van der Waals surface area contributed by atoms with Gasteiger partial charge in [-0.2, -0.15) is 5.10 Å². The molecule has 172 valence electrons. The summed E-state index contributed by atoms with van der Waals surface area (Å²) in [7, 11) is 3.57. The van der Waals surface area contributed by atoms with Crippen LogP contribution >= 0.6 is 11.6 Å². The van der Waals surface area contributed by atoms with Crippen LogP contribution in [0.3, 0.4) is 0 Å². The number of halogens is 2. The van der Waals surface area contributed by atoms with E-state index in [1.165, 1.54) is 18.5 Å². The number of nitrogens with one attached hydrogen (secondary N) is 1. The molecule has 0 atom stereocenters. The lowest BCUT2D eigenvalue weighted by Crippen LogP contribution is -2.29. The smallest absolute Gasteiger partial charge is 0.215 e. The van der Waals surface area contributed by atoms with Gasteiger partial charge in [-0.05, 0) is 48.0 Å². The lowest BCUT2D eigenvalue weighted by molar-refractivity contribution is 0.477. The third-order valence-corrected chi connectivity index (χ3v) is 5.00. The molecule has 0 saturated heterocycles. The minimum absolute atomic E-state index is 0.296. The van der Waals surface area contributed by atoms with Crippen LogP contribution in [0.15, 0.2) is 77.2 Å². The Morgan fingerprint density at radius 1 is 1.12 bits per heavy atom. The van der Waals surface area contributed by atoms with E-state index in [1.54, 1.807) is 55.5 Å². The molecule has 0 aliphatic carbocycles. The molecule has 1 heterocycles. The number of ether oxygens (including phenoxy) is 1. The highest BCUT2D eigenvalue weighted by Crippen LogP contribution is 2.33. The van der Waals surface area contributed by atoms with E-state index in [-0.39, 0.29) is 5.82 Å². The normalized spacial score (nSPS) is 11.7. The van der Waals surface area contributed by atoms with E-state index >= 15 is 0 Å². The summed E-state index contributed by atoms with van der Waals surface area (Å²) in [5, 5.41) is 12.4. The van der Waals surface area contributed by atoms with Gasteiger partial charge in [-0.25, -0.2) is 14.4 Å². The molecule has 34 heavy (non-hydrogen) atoms. The Balaban J connectivity index is 1.57. The van der Waals surface area contributed by atoms with E-state index in [0.29, 0.717) is 34.0 Å². The van der Waals surface area contributed by atoms with Gasteiger partial charge in [0.2, 0.25) is 5.96 Å². The minimum atomic E-state index is -0.389. The number of aromatic nitrogens is 2. The molecular formula is C24H21ClFN7O. The molecule has 3 aromatic carbocycles. The molecule has 10 heteroatoms. The summed E-state index contributed by atoms with van der Waals surface area (Å²) in [5.74, 6) is 1.26. The van der Waals surface area contributed by atoms with Gasteiger partial charge in [-0.1, -0.05) is 23.7 Å². The minimum Gasteiger partial charge on any atom is -0.456 e. The van der Waals surface area contributed by atoms with Crippen LogP contribution in [0, 0.1) is 5.82 Å². The van der Waals surface area contributed by atoms with Crippen LogP contribution < -0.4 is 15.8 Å². The number of rotatable bonds is 6. The molecule has 0 aliphatic rings. The Morgan fingerprint density at radius 3 is 2.74 bits per heavy atom. The zero-order chi connectivity index (χ0) is 24.1. The van der Waals surface area contributed by atoms with E-state index in [1.807, 2.05) is 18.2 Å². The molecule has 0 amide bonds. The average molecular weight is 478 g/mol. The van der Waals surface area contributed by atoms with E-state index in [2.05, 4.69) is 25.5 Å². The first-order valence-electron chi connectivity index (χ1n) is 10.2. The third-order valence-electron chi connectivity index (χ3n) is 4.70. The van der Waals surface area contributed by atoms with Crippen molar-refractivity contribution in [2.75, 3.05) is 19.4 Å². The van der Waals surface area contributed by atoms with Gasteiger partial charge in [-0.15, -0.1) is 5.10 Å². The van der Waals surface area contributed by atoms with Crippen molar-refractivity contribution in [1.29, 1.82) is 0 Å². The lowest BCUT2D eigenvalue weighted by atomic mass is 10.1. The van der Waals surface area contributed by atoms with Crippen molar-refractivity contribution in [3.63, 3.8) is 0 Å². The number of fused-ring (bicyclic) bond motifs is 1. The SMILES string of the molecule is CN(C)C(N)=NN=Cc1ccc2ncnc(Nc3ccc(Oc4cccc(F)c4)c(Cl)c3)c2c1. The Labute approximate surface area is 200 Å². The van der Waals surface area contributed by atoms with Crippen molar-refractivity contribution >= 4 is 46.2 Å². The van der Waals surface area contributed by atoms with Crippen molar-refractivity contribution in [2.45, 2.75) is 0 Å². The van der Waals surface area contributed by atoms with Crippen molar-refractivity contribution < 1.29 is 9.13 Å². The first-order chi connectivity index (χ1) is 16.4. The number of hydrogen-bond donors (Lipinski definition) is 2. The second kappa shape index (κ2) is 10.1. The summed E-state index contributed by atoms with van der Waals surface area (Å²) in [6, 6.07) is 16.7. The van der Waals surface area contributed by atoms with Crippen molar-refractivity contribution in [2.24, 2.45) is 15.9 Å². The summed E-state index contributed by atoms with van der Waals surface area (Å²) in [6.07, 6.45) is 3.07. The van der Waals surface area contributed by atoms with Gasteiger partial charge in [-0.3, -0.25) is 0 Å². The summed E-state index contributed by atoms with van der Waals surface area (Å²) in [6.45, 7) is 0. The standard InChI is InChI=1S/C24H21ClFN7O/c1-33(2)24(27)32-30-13-15-6-8-21-19(10-15)23(29-14-28-21)31-17-7-9-22(20(25)12-17)34-18-5-3-4-16(26)11-18/h3-14H,1-2H3,(H2,27,32)(H,28,29,31). The van der Waals surface area contributed by atoms with E-state index < -0.39 is 0 Å². The van der Waals surface area contributed by atoms with Crippen molar-refractivity contribution in [1.82, 2.24) is 14.9 Å². The monoisotopic (exact) mass is 477 g/mol. The van der Waals surface area contributed by atoms with Crippen molar-refractivity contribution in [3.8, 4) is 11.5 Å². The van der Waals surface area contributed by atoms with Gasteiger partial charge in [0.25, 0.3) is 0 Å². The first-order valence-corrected chi connectivity index (χ1v) is 10.6. The maximum atomic E-state index is 13.4. The quantitative estimate of drug-likeness (QED) is 0.226. The molecule has 0 bridgehead atoms. The zero-order valence-electron chi connectivity index (χ0n) is 18.4. The molecule has 0 spiro atoms. The summed E-state index contributed by atoms with van der Waals surface area (Å²) in [5.41, 5.74) is 8.00. The Bertz CT molecular complexity index is 1390. The van der Waals surface area contributed by atoms with Crippen LogP contribution in [-0.2, 0) is 0 Å². The van der Waals surface area contributed by atoms with Gasteiger partial charge >= 0.3 is 0 Å². The molecule has 4 rings (SSSR count). The van der Waals surface area contributed by atoms with E-state index in [4.69, 9.17) is 22.1 Å². The van der Waals surface area contributed by atoms with Crippen LogP contribution in [-0.4, -0.2) is 41.1 Å². The highest BCUT2D eigenvalue weighted by molar-refractivity contribution is 6.32. The highest BCUT2D eigenvalue weighted by Gasteiger charge is 2.09. The first kappa shape index (κ1) is 22.9. The second-order valence-electron chi connectivity index (χ2n) is 7.43. The molecule has 4 aromatic rings. The van der Waals surface area contributed by atoms with Gasteiger partial charge < -0.3 is 20.7 Å². The third kappa shape index (κ3) is 5.57.